The second-order valence-corrected chi connectivity index (χ2v) is 4.26. The summed E-state index contributed by atoms with van der Waals surface area (Å²) < 4.78 is 1.95. The molecular weight excluding hydrogens is 228 g/mol. The van der Waals surface area contributed by atoms with Crippen LogP contribution in [0.4, 0.5) is 0 Å². The topological polar surface area (TPSA) is 73.8 Å². The van der Waals surface area contributed by atoms with Gasteiger partial charge in [0.25, 0.3) is 5.91 Å². The molecule has 0 fully saturated rings. The van der Waals surface area contributed by atoms with E-state index < -0.39 is 5.91 Å². The van der Waals surface area contributed by atoms with Crippen LogP contribution in [-0.4, -0.2) is 20.4 Å². The van der Waals surface area contributed by atoms with Crippen LogP contribution in [0.3, 0.4) is 0 Å². The van der Waals surface area contributed by atoms with Crippen molar-refractivity contribution in [2.24, 2.45) is 12.8 Å². The number of pyridine rings is 1. The molecule has 1 aromatic carbocycles. The van der Waals surface area contributed by atoms with Crippen molar-refractivity contribution in [2.75, 3.05) is 0 Å². The Hall–Kier alpha value is -2.43. The highest BCUT2D eigenvalue weighted by molar-refractivity contribution is 6.11. The molecule has 5 nitrogen and oxygen atoms in total. The van der Waals surface area contributed by atoms with Crippen LogP contribution in [0, 0.1) is 6.92 Å². The van der Waals surface area contributed by atoms with Gasteiger partial charge in [-0.2, -0.15) is 0 Å². The van der Waals surface area contributed by atoms with Gasteiger partial charge in [0, 0.05) is 12.4 Å². The average Bonchev–Trinajstić information content (AvgIpc) is 2.65. The minimum absolute atomic E-state index is 0.229. The predicted octanol–water partition coefficient (Wildman–Crippen LogP) is 1.53. The van der Waals surface area contributed by atoms with Crippen molar-refractivity contribution >= 4 is 27.8 Å². The molecule has 0 bridgehead atoms. The van der Waals surface area contributed by atoms with Gasteiger partial charge < -0.3 is 10.3 Å². The first kappa shape index (κ1) is 10.7. The van der Waals surface area contributed by atoms with Gasteiger partial charge in [-0.1, -0.05) is 18.2 Å². The van der Waals surface area contributed by atoms with Gasteiger partial charge >= 0.3 is 0 Å². The van der Waals surface area contributed by atoms with E-state index in [2.05, 4.69) is 9.97 Å². The van der Waals surface area contributed by atoms with Gasteiger partial charge in [0.1, 0.15) is 11.3 Å². The summed E-state index contributed by atoms with van der Waals surface area (Å²) in [5.74, 6) is 0.273. The van der Waals surface area contributed by atoms with Crippen molar-refractivity contribution in [1.82, 2.24) is 14.5 Å². The fraction of sp³-hybridized carbons (Fsp3) is 0.154. The quantitative estimate of drug-likeness (QED) is 0.701. The maximum Gasteiger partial charge on any atom is 0.269 e. The molecule has 2 heterocycles. The lowest BCUT2D eigenvalue weighted by Crippen LogP contribution is -2.14. The molecule has 0 atom stereocenters. The Labute approximate surface area is 103 Å². The Kier molecular flexibility index (Phi) is 2.10. The monoisotopic (exact) mass is 240 g/mol. The number of primary amides is 1. The first-order valence-corrected chi connectivity index (χ1v) is 5.61. The summed E-state index contributed by atoms with van der Waals surface area (Å²) >= 11 is 0. The van der Waals surface area contributed by atoms with E-state index in [9.17, 15) is 4.79 Å². The minimum atomic E-state index is -0.552. The molecule has 18 heavy (non-hydrogen) atoms. The molecule has 2 N–H and O–H groups in total. The Balaban J connectivity index is 2.63. The van der Waals surface area contributed by atoms with Crippen molar-refractivity contribution < 1.29 is 4.79 Å². The van der Waals surface area contributed by atoms with E-state index in [0.717, 1.165) is 22.2 Å². The number of benzene rings is 1. The fourth-order valence-electron chi connectivity index (χ4n) is 2.20. The lowest BCUT2D eigenvalue weighted by atomic mass is 10.1. The zero-order valence-electron chi connectivity index (χ0n) is 10.1. The number of nitrogens with two attached hydrogens (primary N) is 1. The van der Waals surface area contributed by atoms with E-state index >= 15 is 0 Å². The van der Waals surface area contributed by atoms with Crippen LogP contribution in [0.1, 0.15) is 16.3 Å². The highest BCUT2D eigenvalue weighted by Crippen LogP contribution is 2.26. The van der Waals surface area contributed by atoms with Crippen LogP contribution in [0.25, 0.3) is 21.9 Å². The SMILES string of the molecule is Cc1nc2c(C(N)=O)nc3ccccc3c2n1C. The number of aromatic nitrogens is 3. The molecule has 3 aromatic rings. The molecule has 0 radical (unpaired) electrons. The summed E-state index contributed by atoms with van der Waals surface area (Å²) in [6, 6.07) is 7.66. The highest BCUT2D eigenvalue weighted by Gasteiger charge is 2.17. The van der Waals surface area contributed by atoms with Gasteiger partial charge in [0.05, 0.1) is 11.0 Å². The third-order valence-electron chi connectivity index (χ3n) is 3.17. The number of amides is 1. The van der Waals surface area contributed by atoms with E-state index in [-0.39, 0.29) is 5.69 Å². The Bertz CT molecular complexity index is 788. The zero-order chi connectivity index (χ0) is 12.9. The van der Waals surface area contributed by atoms with Crippen LogP contribution < -0.4 is 5.73 Å². The molecule has 0 saturated carbocycles. The third-order valence-corrected chi connectivity index (χ3v) is 3.17. The van der Waals surface area contributed by atoms with Crippen LogP contribution >= 0.6 is 0 Å². The Morgan fingerprint density at radius 2 is 2.00 bits per heavy atom. The molecule has 2 aromatic heterocycles. The zero-order valence-corrected chi connectivity index (χ0v) is 10.1. The standard InChI is InChI=1S/C13H12N4O/c1-7-15-10-11(13(14)18)16-9-6-4-3-5-8(9)12(10)17(7)2/h3-6H,1-2H3,(H2,14,18). The second kappa shape index (κ2) is 3.53. The maximum absolute atomic E-state index is 11.5. The summed E-state index contributed by atoms with van der Waals surface area (Å²) in [6.45, 7) is 1.89. The highest BCUT2D eigenvalue weighted by atomic mass is 16.1. The van der Waals surface area contributed by atoms with Gasteiger partial charge in [-0.15, -0.1) is 0 Å². The number of hydrogen-bond donors (Lipinski definition) is 1. The third kappa shape index (κ3) is 1.30. The number of hydrogen-bond acceptors (Lipinski definition) is 3. The summed E-state index contributed by atoms with van der Waals surface area (Å²) in [6.07, 6.45) is 0. The van der Waals surface area contributed by atoms with Crippen molar-refractivity contribution in [3.8, 4) is 0 Å². The van der Waals surface area contributed by atoms with Crippen molar-refractivity contribution in [3.63, 3.8) is 0 Å². The molecular formula is C13H12N4O. The molecule has 90 valence electrons. The molecule has 0 aliphatic carbocycles. The van der Waals surface area contributed by atoms with E-state index in [1.54, 1.807) is 0 Å². The smallest absolute Gasteiger partial charge is 0.269 e. The minimum Gasteiger partial charge on any atom is -0.364 e. The maximum atomic E-state index is 11.5. The second-order valence-electron chi connectivity index (χ2n) is 4.26. The first-order valence-electron chi connectivity index (χ1n) is 5.61. The van der Waals surface area contributed by atoms with E-state index in [1.807, 2.05) is 42.8 Å². The van der Waals surface area contributed by atoms with Gasteiger partial charge in [-0.05, 0) is 13.0 Å². The van der Waals surface area contributed by atoms with Crippen LogP contribution in [0.5, 0.6) is 0 Å². The molecule has 0 saturated heterocycles. The van der Waals surface area contributed by atoms with Gasteiger partial charge in [-0.3, -0.25) is 4.79 Å². The normalized spacial score (nSPS) is 11.2. The number of rotatable bonds is 1. The van der Waals surface area contributed by atoms with Gasteiger partial charge in [0.2, 0.25) is 0 Å². The molecule has 0 spiro atoms. The van der Waals surface area contributed by atoms with Crippen LogP contribution in [0.15, 0.2) is 24.3 Å². The number of carbonyl (C=O) groups is 1. The summed E-state index contributed by atoms with van der Waals surface area (Å²) in [5, 5.41) is 0.973. The number of para-hydroxylation sites is 1. The fourth-order valence-corrected chi connectivity index (χ4v) is 2.20. The van der Waals surface area contributed by atoms with E-state index in [4.69, 9.17) is 5.73 Å². The molecule has 5 heteroatoms. The van der Waals surface area contributed by atoms with Crippen molar-refractivity contribution in [1.29, 1.82) is 0 Å². The predicted molar refractivity (Wildman–Crippen MR) is 69.3 cm³/mol. The van der Waals surface area contributed by atoms with Gasteiger partial charge in [0.15, 0.2) is 5.69 Å². The number of nitrogens with zero attached hydrogens (tertiary/aromatic N) is 3. The summed E-state index contributed by atoms with van der Waals surface area (Å²) in [4.78, 5) is 20.2. The Morgan fingerprint density at radius 1 is 1.28 bits per heavy atom. The molecule has 0 aliphatic rings. The Morgan fingerprint density at radius 3 is 2.72 bits per heavy atom. The van der Waals surface area contributed by atoms with E-state index in [0.29, 0.717) is 5.52 Å². The van der Waals surface area contributed by atoms with Gasteiger partial charge in [-0.25, -0.2) is 9.97 Å². The first-order chi connectivity index (χ1) is 8.59. The summed E-state index contributed by atoms with van der Waals surface area (Å²) in [5.41, 5.74) is 7.83. The summed E-state index contributed by atoms with van der Waals surface area (Å²) in [7, 11) is 1.92. The largest absolute Gasteiger partial charge is 0.364 e. The van der Waals surface area contributed by atoms with Crippen molar-refractivity contribution in [2.45, 2.75) is 6.92 Å². The molecule has 0 aliphatic heterocycles. The molecule has 1 amide bonds. The average molecular weight is 240 g/mol. The lowest BCUT2D eigenvalue weighted by molar-refractivity contribution is 0.0997. The van der Waals surface area contributed by atoms with Crippen LogP contribution in [-0.2, 0) is 7.05 Å². The number of fused-ring (bicyclic) bond motifs is 3. The lowest BCUT2D eigenvalue weighted by Gasteiger charge is -2.04. The number of imidazole rings is 1. The van der Waals surface area contributed by atoms with Crippen LogP contribution in [0.2, 0.25) is 0 Å². The molecule has 0 unspecified atom stereocenters. The molecule has 3 rings (SSSR count). The van der Waals surface area contributed by atoms with Crippen molar-refractivity contribution in [3.05, 3.63) is 35.8 Å². The van der Waals surface area contributed by atoms with E-state index in [1.165, 1.54) is 0 Å². The number of carbonyl (C=O) groups excluding carboxylic acids is 1. The number of aryl methyl sites for hydroxylation is 2.